The van der Waals surface area contributed by atoms with E-state index in [2.05, 4.69) is 9.88 Å². The lowest BCUT2D eigenvalue weighted by molar-refractivity contribution is -0.385. The predicted octanol–water partition coefficient (Wildman–Crippen LogP) is 2.31. The van der Waals surface area contributed by atoms with Gasteiger partial charge in [0.25, 0.3) is 0 Å². The molecule has 2 heterocycles. The minimum Gasteiger partial charge on any atom is -0.490 e. The lowest BCUT2D eigenvalue weighted by Crippen LogP contribution is -2.28. The summed E-state index contributed by atoms with van der Waals surface area (Å²) in [5.74, 6) is 6.97. The van der Waals surface area contributed by atoms with Crippen LogP contribution >= 0.6 is 0 Å². The normalized spacial score (nSPS) is 14.6. The minimum atomic E-state index is -0.548. The molecule has 0 amide bonds. The number of anilines is 2. The number of rotatable bonds is 6. The van der Waals surface area contributed by atoms with Crippen molar-refractivity contribution >= 4 is 33.8 Å². The number of benzene rings is 2. The highest BCUT2D eigenvalue weighted by Crippen LogP contribution is 2.31. The Morgan fingerprint density at radius 1 is 1.26 bits per heavy atom. The molecule has 0 aliphatic carbocycles. The molecule has 1 aliphatic heterocycles. The van der Waals surface area contributed by atoms with E-state index in [0.717, 1.165) is 13.0 Å². The molecule has 1 aliphatic rings. The zero-order chi connectivity index (χ0) is 24.2. The number of nitrogens with two attached hydrogens (primary N) is 2. The molecule has 1 fully saturated rings. The quantitative estimate of drug-likeness (QED) is 0.282. The molecule has 0 unspecified atom stereocenters. The van der Waals surface area contributed by atoms with E-state index in [-0.39, 0.29) is 22.6 Å². The van der Waals surface area contributed by atoms with Gasteiger partial charge in [-0.15, -0.1) is 0 Å². The van der Waals surface area contributed by atoms with Gasteiger partial charge in [0.15, 0.2) is 11.2 Å². The Kier molecular flexibility index (Phi) is 6.66. The molecule has 1 aromatic heterocycles. The third kappa shape index (κ3) is 4.65. The number of H-pyrrole nitrogens is 1. The molecular weight excluding hydrogens is 440 g/mol. The molecule has 11 nitrogen and oxygen atoms in total. The van der Waals surface area contributed by atoms with Gasteiger partial charge in [0.1, 0.15) is 5.82 Å². The molecule has 34 heavy (non-hydrogen) atoms. The molecule has 4 rings (SSSR count). The van der Waals surface area contributed by atoms with Gasteiger partial charge in [-0.3, -0.25) is 19.9 Å². The summed E-state index contributed by atoms with van der Waals surface area (Å²) in [6.07, 6.45) is 2.31. The van der Waals surface area contributed by atoms with E-state index in [1.165, 1.54) is 30.5 Å². The molecule has 0 saturated carbocycles. The van der Waals surface area contributed by atoms with Crippen LogP contribution in [0.25, 0.3) is 16.6 Å². The van der Waals surface area contributed by atoms with Gasteiger partial charge in [-0.25, -0.2) is 5.84 Å². The van der Waals surface area contributed by atoms with Crippen molar-refractivity contribution in [1.82, 2.24) is 4.98 Å². The number of ether oxygens (including phenoxy) is 2. The first-order valence-corrected chi connectivity index (χ1v) is 10.7. The number of hydrazine groups is 1. The van der Waals surface area contributed by atoms with E-state index in [9.17, 15) is 14.9 Å². The molecule has 178 valence electrons. The smallest absolute Gasteiger partial charge is 0.313 e. The fourth-order valence-electron chi connectivity index (χ4n) is 3.93. The van der Waals surface area contributed by atoms with Crippen molar-refractivity contribution in [2.45, 2.75) is 6.42 Å². The zero-order valence-corrected chi connectivity index (χ0v) is 18.7. The van der Waals surface area contributed by atoms with E-state index in [1.807, 2.05) is 0 Å². The average Bonchev–Trinajstić information content (AvgIpc) is 3.12. The van der Waals surface area contributed by atoms with Crippen molar-refractivity contribution in [2.75, 3.05) is 43.3 Å². The van der Waals surface area contributed by atoms with Crippen molar-refractivity contribution in [3.05, 3.63) is 74.6 Å². The molecule has 0 radical (unpaired) electrons. The van der Waals surface area contributed by atoms with Crippen LogP contribution in [0, 0.1) is 10.1 Å². The summed E-state index contributed by atoms with van der Waals surface area (Å²) in [5, 5.41) is 13.0. The lowest BCUT2D eigenvalue weighted by atomic mass is 10.1. The molecule has 2 aromatic carbocycles. The van der Waals surface area contributed by atoms with Crippen LogP contribution in [-0.2, 0) is 4.74 Å². The van der Waals surface area contributed by atoms with Gasteiger partial charge in [0, 0.05) is 49.0 Å². The van der Waals surface area contributed by atoms with Gasteiger partial charge in [-0.2, -0.15) is 0 Å². The summed E-state index contributed by atoms with van der Waals surface area (Å²) < 4.78 is 10.6. The first kappa shape index (κ1) is 23.1. The maximum atomic E-state index is 12.9. The van der Waals surface area contributed by atoms with E-state index >= 15 is 0 Å². The number of hydrogen-bond donors (Lipinski definition) is 3. The standard InChI is InChI=1S/C23H26N6O5/c1-33-21-7-6-15(12-19(21)29(31)32)28(25)14-18(24)16-4-2-5-17-20(30)13-22(26-23(16)17)27-8-3-10-34-11-9-27/h2,4-7,12-14H,3,8-11,24-25H2,1H3,(H,26,30)/b18-14-. The maximum Gasteiger partial charge on any atom is 0.313 e. The van der Waals surface area contributed by atoms with Crippen LogP contribution in [0.2, 0.25) is 0 Å². The zero-order valence-electron chi connectivity index (χ0n) is 18.7. The second-order valence-electron chi connectivity index (χ2n) is 7.80. The first-order valence-electron chi connectivity index (χ1n) is 10.7. The Labute approximate surface area is 195 Å². The Hall–Kier alpha value is -4.09. The number of nitro groups is 1. The molecule has 0 atom stereocenters. The van der Waals surface area contributed by atoms with Crippen molar-refractivity contribution in [1.29, 1.82) is 0 Å². The van der Waals surface area contributed by atoms with Crippen molar-refractivity contribution in [2.24, 2.45) is 11.6 Å². The number of fused-ring (bicyclic) bond motifs is 1. The Balaban J connectivity index is 1.73. The average molecular weight is 466 g/mol. The number of aromatic amines is 1. The fraction of sp³-hybridized carbons (Fsp3) is 0.261. The van der Waals surface area contributed by atoms with Crippen molar-refractivity contribution in [3.8, 4) is 5.75 Å². The topological polar surface area (TPSA) is 153 Å². The highest BCUT2D eigenvalue weighted by molar-refractivity contribution is 5.91. The number of para-hydroxylation sites is 1. The number of nitro benzene ring substituents is 1. The van der Waals surface area contributed by atoms with Crippen LogP contribution in [-0.4, -0.2) is 43.3 Å². The van der Waals surface area contributed by atoms with Gasteiger partial charge in [0.05, 0.1) is 35.5 Å². The van der Waals surface area contributed by atoms with Gasteiger partial charge in [0.2, 0.25) is 0 Å². The Bertz CT molecular complexity index is 1300. The first-order chi connectivity index (χ1) is 16.4. The molecule has 5 N–H and O–H groups in total. The third-order valence-corrected chi connectivity index (χ3v) is 5.66. The van der Waals surface area contributed by atoms with E-state index in [4.69, 9.17) is 21.1 Å². The summed E-state index contributed by atoms with van der Waals surface area (Å²) in [6, 6.07) is 11.2. The van der Waals surface area contributed by atoms with Crippen molar-refractivity contribution in [3.63, 3.8) is 0 Å². The van der Waals surface area contributed by atoms with E-state index in [1.54, 1.807) is 30.3 Å². The SMILES string of the molecule is COc1ccc(N(N)/C=C(\N)c2cccc3c(=O)cc(N4CCCOCC4)[nH]c23)cc1[N+](=O)[O-]. The van der Waals surface area contributed by atoms with Crippen LogP contribution in [0.5, 0.6) is 5.75 Å². The Morgan fingerprint density at radius 2 is 2.09 bits per heavy atom. The molecule has 0 bridgehead atoms. The van der Waals surface area contributed by atoms with Crippen LogP contribution in [0.15, 0.2) is 53.5 Å². The lowest BCUT2D eigenvalue weighted by Gasteiger charge is -2.22. The van der Waals surface area contributed by atoms with E-state index in [0.29, 0.717) is 47.7 Å². The third-order valence-electron chi connectivity index (χ3n) is 5.66. The number of methoxy groups -OCH3 is 1. The number of hydrogen-bond acceptors (Lipinski definition) is 9. The second-order valence-corrected chi connectivity index (χ2v) is 7.80. The summed E-state index contributed by atoms with van der Waals surface area (Å²) in [7, 11) is 1.36. The molecular formula is C23H26N6O5. The highest BCUT2D eigenvalue weighted by atomic mass is 16.6. The summed E-state index contributed by atoms with van der Waals surface area (Å²) in [4.78, 5) is 29.1. The van der Waals surface area contributed by atoms with Crippen LogP contribution in [0.4, 0.5) is 17.2 Å². The van der Waals surface area contributed by atoms with Gasteiger partial charge in [-0.05, 0) is 24.6 Å². The monoisotopic (exact) mass is 466 g/mol. The number of nitrogens with zero attached hydrogens (tertiary/aromatic N) is 3. The largest absolute Gasteiger partial charge is 0.490 e. The molecule has 11 heteroatoms. The fourth-order valence-corrected chi connectivity index (χ4v) is 3.93. The van der Waals surface area contributed by atoms with Gasteiger partial charge < -0.3 is 25.1 Å². The molecule has 0 spiro atoms. The number of aromatic nitrogens is 1. The predicted molar refractivity (Wildman–Crippen MR) is 131 cm³/mol. The second kappa shape index (κ2) is 9.81. The van der Waals surface area contributed by atoms with Gasteiger partial charge in [-0.1, -0.05) is 12.1 Å². The molecule has 1 saturated heterocycles. The van der Waals surface area contributed by atoms with Crippen LogP contribution in [0.3, 0.4) is 0 Å². The number of pyridine rings is 1. The summed E-state index contributed by atoms with van der Waals surface area (Å²) in [5.41, 5.74) is 7.82. The highest BCUT2D eigenvalue weighted by Gasteiger charge is 2.18. The number of nitrogens with one attached hydrogen (secondary N) is 1. The molecule has 3 aromatic rings. The van der Waals surface area contributed by atoms with E-state index < -0.39 is 4.92 Å². The van der Waals surface area contributed by atoms with Crippen molar-refractivity contribution < 1.29 is 14.4 Å². The van der Waals surface area contributed by atoms with Crippen LogP contribution in [0.1, 0.15) is 12.0 Å². The minimum absolute atomic E-state index is 0.122. The summed E-state index contributed by atoms with van der Waals surface area (Å²) in [6.45, 7) is 2.70. The summed E-state index contributed by atoms with van der Waals surface area (Å²) >= 11 is 0. The Morgan fingerprint density at radius 3 is 2.85 bits per heavy atom. The van der Waals surface area contributed by atoms with Crippen LogP contribution < -0.4 is 31.7 Å². The van der Waals surface area contributed by atoms with Gasteiger partial charge >= 0.3 is 5.69 Å². The maximum absolute atomic E-state index is 12.9.